The molecular formula is C21H24BF3O2. The maximum Gasteiger partial charge on any atom is 0.494 e. The fourth-order valence-corrected chi connectivity index (χ4v) is 3.22. The van der Waals surface area contributed by atoms with Crippen LogP contribution in [0.2, 0.25) is 0 Å². The first-order valence-electron chi connectivity index (χ1n) is 8.97. The van der Waals surface area contributed by atoms with Crippen LogP contribution in [0, 0.1) is 0 Å². The Kier molecular flexibility index (Phi) is 4.72. The molecule has 1 fully saturated rings. The molecule has 6 heteroatoms. The highest BCUT2D eigenvalue weighted by molar-refractivity contribution is 6.62. The first kappa shape index (κ1) is 20.0. The molecule has 0 aliphatic carbocycles. The smallest absolute Gasteiger partial charge is 0.399 e. The Bertz CT molecular complexity index is 784. The number of halogens is 3. The zero-order valence-electron chi connectivity index (χ0n) is 16.2. The van der Waals surface area contributed by atoms with Crippen molar-refractivity contribution < 1.29 is 22.5 Å². The molecule has 0 N–H and O–H groups in total. The third-order valence-electron chi connectivity index (χ3n) is 5.93. The number of benzene rings is 2. The Morgan fingerprint density at radius 3 is 1.63 bits per heavy atom. The van der Waals surface area contributed by atoms with Crippen molar-refractivity contribution in [1.29, 1.82) is 0 Å². The summed E-state index contributed by atoms with van der Waals surface area (Å²) in [5, 5.41) is 0. The minimum atomic E-state index is -4.43. The first-order chi connectivity index (χ1) is 12.4. The summed E-state index contributed by atoms with van der Waals surface area (Å²) >= 11 is 0. The van der Waals surface area contributed by atoms with Gasteiger partial charge in [0.25, 0.3) is 0 Å². The summed E-state index contributed by atoms with van der Waals surface area (Å²) in [5.74, 6) is 0. The minimum Gasteiger partial charge on any atom is -0.399 e. The molecule has 0 spiro atoms. The molecule has 1 unspecified atom stereocenters. The van der Waals surface area contributed by atoms with Gasteiger partial charge in [0.2, 0.25) is 0 Å². The van der Waals surface area contributed by atoms with Crippen molar-refractivity contribution in [3.63, 3.8) is 0 Å². The van der Waals surface area contributed by atoms with E-state index in [0.717, 1.165) is 0 Å². The molecule has 2 nitrogen and oxygen atoms in total. The molecule has 2 aromatic carbocycles. The van der Waals surface area contributed by atoms with Gasteiger partial charge in [-0.2, -0.15) is 13.2 Å². The van der Waals surface area contributed by atoms with Crippen LogP contribution in [0.4, 0.5) is 13.2 Å². The number of hydrogen-bond donors (Lipinski definition) is 0. The van der Waals surface area contributed by atoms with Crippen LogP contribution in [0.5, 0.6) is 0 Å². The molecule has 0 aromatic heterocycles. The van der Waals surface area contributed by atoms with Gasteiger partial charge < -0.3 is 9.31 Å². The highest BCUT2D eigenvalue weighted by Crippen LogP contribution is 2.46. The van der Waals surface area contributed by atoms with Crippen molar-refractivity contribution in [2.45, 2.75) is 57.4 Å². The maximum atomic E-state index is 14.0. The summed E-state index contributed by atoms with van der Waals surface area (Å²) in [4.78, 5) is 0. The van der Waals surface area contributed by atoms with Crippen molar-refractivity contribution >= 4 is 12.6 Å². The highest BCUT2D eigenvalue weighted by atomic mass is 19.4. The summed E-state index contributed by atoms with van der Waals surface area (Å²) in [6.07, 6.45) is -4.43. The highest BCUT2D eigenvalue weighted by Gasteiger charge is 2.54. The molecular weight excluding hydrogens is 352 g/mol. The van der Waals surface area contributed by atoms with E-state index in [1.807, 2.05) is 27.7 Å². The van der Waals surface area contributed by atoms with Gasteiger partial charge in [0.1, 0.15) is 5.41 Å². The van der Waals surface area contributed by atoms with Gasteiger partial charge in [0, 0.05) is 0 Å². The lowest BCUT2D eigenvalue weighted by molar-refractivity contribution is -0.173. The van der Waals surface area contributed by atoms with Crippen LogP contribution in [0.25, 0.3) is 0 Å². The lowest BCUT2D eigenvalue weighted by atomic mass is 9.73. The van der Waals surface area contributed by atoms with Crippen LogP contribution >= 0.6 is 0 Å². The van der Waals surface area contributed by atoms with E-state index in [2.05, 4.69) is 0 Å². The monoisotopic (exact) mass is 376 g/mol. The molecule has 1 heterocycles. The minimum absolute atomic E-state index is 0.182. The van der Waals surface area contributed by atoms with Gasteiger partial charge in [0.05, 0.1) is 11.2 Å². The van der Waals surface area contributed by atoms with Gasteiger partial charge in [-0.1, -0.05) is 54.6 Å². The molecule has 0 bridgehead atoms. The van der Waals surface area contributed by atoms with Crippen LogP contribution in [-0.4, -0.2) is 24.5 Å². The van der Waals surface area contributed by atoms with Crippen LogP contribution in [0.1, 0.15) is 45.7 Å². The molecule has 1 atom stereocenters. The SMILES string of the molecule is CC1(C)OB(c2ccc(C(C)(c3ccccc3)C(F)(F)F)cc2)OC1(C)C. The van der Waals surface area contributed by atoms with Gasteiger partial charge in [-0.3, -0.25) is 0 Å². The fraction of sp³-hybridized carbons (Fsp3) is 0.429. The second-order valence-electron chi connectivity index (χ2n) is 8.20. The summed E-state index contributed by atoms with van der Waals surface area (Å²) in [6.45, 7) is 8.98. The third kappa shape index (κ3) is 3.30. The van der Waals surface area contributed by atoms with Gasteiger partial charge in [-0.25, -0.2) is 0 Å². The molecule has 0 amide bonds. The van der Waals surface area contributed by atoms with Gasteiger partial charge >= 0.3 is 13.3 Å². The summed E-state index contributed by atoms with van der Waals surface area (Å²) in [5.41, 5.74) is -2.00. The molecule has 0 radical (unpaired) electrons. The Hall–Kier alpha value is -1.79. The van der Waals surface area contributed by atoms with Gasteiger partial charge in [-0.05, 0) is 51.2 Å². The lowest BCUT2D eigenvalue weighted by Gasteiger charge is -2.33. The standard InChI is InChI=1S/C21H24BF3O2/c1-18(2)19(3,4)27-22(26-18)17-13-11-16(12-14-17)20(5,21(23,24)25)15-9-7-6-8-10-15/h6-14H,1-5H3. The second kappa shape index (κ2) is 6.38. The molecule has 144 valence electrons. The van der Waals surface area contributed by atoms with Crippen molar-refractivity contribution in [2.24, 2.45) is 0 Å². The van der Waals surface area contributed by atoms with Crippen molar-refractivity contribution in [3.05, 3.63) is 65.7 Å². The second-order valence-corrected chi connectivity index (χ2v) is 8.20. The quantitative estimate of drug-likeness (QED) is 0.713. The van der Waals surface area contributed by atoms with Crippen LogP contribution in [-0.2, 0) is 14.7 Å². The van der Waals surface area contributed by atoms with E-state index >= 15 is 0 Å². The first-order valence-corrected chi connectivity index (χ1v) is 8.97. The Morgan fingerprint density at radius 2 is 1.19 bits per heavy atom. The van der Waals surface area contributed by atoms with E-state index in [9.17, 15) is 13.2 Å². The summed E-state index contributed by atoms with van der Waals surface area (Å²) in [7, 11) is -0.599. The predicted octanol–water partition coefficient (Wildman–Crippen LogP) is 4.85. The molecule has 3 rings (SSSR count). The van der Waals surface area contributed by atoms with Crippen molar-refractivity contribution in [2.75, 3.05) is 0 Å². The molecule has 2 aromatic rings. The Labute approximate surface area is 158 Å². The van der Waals surface area contributed by atoms with Crippen LogP contribution < -0.4 is 5.46 Å². The van der Waals surface area contributed by atoms with E-state index in [1.165, 1.54) is 31.2 Å². The number of hydrogen-bond acceptors (Lipinski definition) is 2. The van der Waals surface area contributed by atoms with E-state index in [4.69, 9.17) is 9.31 Å². The van der Waals surface area contributed by atoms with Crippen molar-refractivity contribution in [1.82, 2.24) is 0 Å². The average Bonchev–Trinajstić information content (AvgIpc) is 2.82. The predicted molar refractivity (Wildman–Crippen MR) is 101 cm³/mol. The normalized spacial score (nSPS) is 21.1. The molecule has 1 aliphatic rings. The van der Waals surface area contributed by atoms with E-state index in [0.29, 0.717) is 5.46 Å². The molecule has 1 saturated heterocycles. The third-order valence-corrected chi connectivity index (χ3v) is 5.93. The van der Waals surface area contributed by atoms with E-state index in [-0.39, 0.29) is 11.1 Å². The maximum absolute atomic E-state index is 14.0. The number of rotatable bonds is 3. The zero-order chi connectivity index (χ0) is 20.1. The van der Waals surface area contributed by atoms with E-state index < -0.39 is 29.9 Å². The van der Waals surface area contributed by atoms with Gasteiger partial charge in [0.15, 0.2) is 0 Å². The Balaban J connectivity index is 1.97. The fourth-order valence-electron chi connectivity index (χ4n) is 3.22. The topological polar surface area (TPSA) is 18.5 Å². The average molecular weight is 376 g/mol. The molecule has 0 saturated carbocycles. The zero-order valence-corrected chi connectivity index (χ0v) is 16.2. The largest absolute Gasteiger partial charge is 0.494 e. The Morgan fingerprint density at radius 1 is 0.741 bits per heavy atom. The van der Waals surface area contributed by atoms with Gasteiger partial charge in [-0.15, -0.1) is 0 Å². The van der Waals surface area contributed by atoms with Crippen molar-refractivity contribution in [3.8, 4) is 0 Å². The summed E-state index contributed by atoms with van der Waals surface area (Å²) in [6, 6.07) is 14.3. The lowest BCUT2D eigenvalue weighted by Crippen LogP contribution is -2.41. The summed E-state index contributed by atoms with van der Waals surface area (Å²) < 4.78 is 54.1. The molecule has 27 heavy (non-hydrogen) atoms. The number of alkyl halides is 3. The molecule has 1 aliphatic heterocycles. The van der Waals surface area contributed by atoms with Crippen LogP contribution in [0.3, 0.4) is 0 Å². The van der Waals surface area contributed by atoms with E-state index in [1.54, 1.807) is 30.3 Å². The van der Waals surface area contributed by atoms with Crippen LogP contribution in [0.15, 0.2) is 54.6 Å².